The Kier molecular flexibility index (Phi) is 5.74. The molecule has 0 atom stereocenters. The van der Waals surface area contributed by atoms with Gasteiger partial charge in [-0.25, -0.2) is 8.42 Å². The average Bonchev–Trinajstić information content (AvgIpc) is 3.39. The zero-order valence-corrected chi connectivity index (χ0v) is 17.5. The van der Waals surface area contributed by atoms with Crippen molar-refractivity contribution >= 4 is 15.9 Å². The molecule has 4 rings (SSSR count). The molecule has 2 aliphatic rings. The fraction of sp³-hybridized carbons (Fsp3) is 0.524. The Balaban J connectivity index is 1.67. The van der Waals surface area contributed by atoms with Gasteiger partial charge in [0, 0.05) is 25.4 Å². The molecule has 0 amide bonds. The van der Waals surface area contributed by atoms with Crippen molar-refractivity contribution in [1.29, 1.82) is 0 Å². The van der Waals surface area contributed by atoms with E-state index in [-0.39, 0.29) is 22.5 Å². The van der Waals surface area contributed by atoms with E-state index >= 15 is 0 Å². The number of carbonyl (C=O) groups excluding carboxylic acids is 1. The Labute approximate surface area is 171 Å². The Hall–Kier alpha value is -2.19. The van der Waals surface area contributed by atoms with Crippen LogP contribution in [0.5, 0.6) is 0 Å². The molecular formula is C21H27N3O4S. The number of furan rings is 1. The third-order valence-electron chi connectivity index (χ3n) is 5.71. The van der Waals surface area contributed by atoms with E-state index in [2.05, 4.69) is 0 Å². The first-order valence-corrected chi connectivity index (χ1v) is 11.8. The van der Waals surface area contributed by atoms with E-state index in [4.69, 9.17) is 9.41 Å². The van der Waals surface area contributed by atoms with Crippen LogP contribution in [0.1, 0.15) is 61.3 Å². The van der Waals surface area contributed by atoms with Crippen molar-refractivity contribution in [1.82, 2.24) is 8.87 Å². The van der Waals surface area contributed by atoms with Crippen molar-refractivity contribution in [2.45, 2.75) is 62.8 Å². The zero-order chi connectivity index (χ0) is 20.4. The highest BCUT2D eigenvalue weighted by Crippen LogP contribution is 2.26. The molecule has 2 aromatic heterocycles. The van der Waals surface area contributed by atoms with Crippen LogP contribution < -0.4 is 5.49 Å². The quantitative estimate of drug-likeness (QED) is 0.765. The predicted octanol–water partition coefficient (Wildman–Crippen LogP) is 3.10. The van der Waals surface area contributed by atoms with Crippen LogP contribution in [0.15, 0.2) is 44.8 Å². The Morgan fingerprint density at radius 1 is 1.10 bits per heavy atom. The van der Waals surface area contributed by atoms with E-state index in [9.17, 15) is 13.2 Å². The van der Waals surface area contributed by atoms with Gasteiger partial charge in [-0.2, -0.15) is 4.31 Å². The summed E-state index contributed by atoms with van der Waals surface area (Å²) in [6, 6.07) is 6.99. The zero-order valence-electron chi connectivity index (χ0n) is 16.7. The molecule has 0 spiro atoms. The van der Waals surface area contributed by atoms with Crippen LogP contribution in [0.25, 0.3) is 0 Å². The molecule has 8 heteroatoms. The SMILES string of the molecule is Cc1oc(C(=O)n2ccccc2=NC2CCCCC2)cc1S(=O)(=O)N1CCCC1. The van der Waals surface area contributed by atoms with Gasteiger partial charge in [-0.3, -0.25) is 14.4 Å². The minimum Gasteiger partial charge on any atom is -0.455 e. The van der Waals surface area contributed by atoms with E-state index in [1.165, 1.54) is 21.4 Å². The van der Waals surface area contributed by atoms with Crippen molar-refractivity contribution in [3.8, 4) is 0 Å². The lowest BCUT2D eigenvalue weighted by molar-refractivity contribution is 0.0925. The number of hydrogen-bond acceptors (Lipinski definition) is 5. The second-order valence-electron chi connectivity index (χ2n) is 7.80. The monoisotopic (exact) mass is 417 g/mol. The van der Waals surface area contributed by atoms with Gasteiger partial charge in [0.05, 0.1) is 6.04 Å². The van der Waals surface area contributed by atoms with Gasteiger partial charge in [-0.15, -0.1) is 0 Å². The molecule has 1 saturated heterocycles. The summed E-state index contributed by atoms with van der Waals surface area (Å²) >= 11 is 0. The number of carbonyl (C=O) groups is 1. The van der Waals surface area contributed by atoms with Gasteiger partial charge in [-0.1, -0.05) is 25.3 Å². The lowest BCUT2D eigenvalue weighted by Crippen LogP contribution is -2.29. The highest BCUT2D eigenvalue weighted by atomic mass is 32.2. The highest BCUT2D eigenvalue weighted by Gasteiger charge is 2.32. The Morgan fingerprint density at radius 2 is 1.83 bits per heavy atom. The standard InChI is InChI=1S/C21H27N3O4S/c1-16-19(29(26,27)23-12-7-8-13-23)15-18(28-16)21(25)24-14-6-5-11-20(24)22-17-9-3-2-4-10-17/h5-6,11,14-15,17H,2-4,7-10,12-13H2,1H3. The van der Waals surface area contributed by atoms with Gasteiger partial charge in [0.1, 0.15) is 16.1 Å². The first-order valence-electron chi connectivity index (χ1n) is 10.3. The van der Waals surface area contributed by atoms with Gasteiger partial charge in [0.15, 0.2) is 5.76 Å². The van der Waals surface area contributed by atoms with E-state index in [0.717, 1.165) is 38.5 Å². The number of aryl methyl sites for hydroxylation is 1. The fourth-order valence-electron chi connectivity index (χ4n) is 4.12. The number of pyridine rings is 1. The van der Waals surface area contributed by atoms with Crippen molar-refractivity contribution < 1.29 is 17.6 Å². The van der Waals surface area contributed by atoms with Crippen LogP contribution in [-0.2, 0) is 10.0 Å². The molecule has 7 nitrogen and oxygen atoms in total. The molecule has 3 heterocycles. The van der Waals surface area contributed by atoms with E-state index in [0.29, 0.717) is 18.6 Å². The van der Waals surface area contributed by atoms with E-state index in [1.54, 1.807) is 19.2 Å². The van der Waals surface area contributed by atoms with Crippen LogP contribution >= 0.6 is 0 Å². The van der Waals surface area contributed by atoms with Crippen molar-refractivity contribution in [2.24, 2.45) is 4.99 Å². The molecule has 156 valence electrons. The van der Waals surface area contributed by atoms with Crippen LogP contribution in [0, 0.1) is 6.92 Å². The molecule has 2 aromatic rings. The maximum atomic E-state index is 13.1. The summed E-state index contributed by atoms with van der Waals surface area (Å²) in [5, 5.41) is 0. The predicted molar refractivity (Wildman–Crippen MR) is 108 cm³/mol. The topological polar surface area (TPSA) is 84.9 Å². The van der Waals surface area contributed by atoms with Crippen LogP contribution in [0.3, 0.4) is 0 Å². The molecule has 0 bridgehead atoms. The van der Waals surface area contributed by atoms with Gasteiger partial charge >= 0.3 is 0 Å². The Morgan fingerprint density at radius 3 is 2.55 bits per heavy atom. The number of sulfonamides is 1. The molecule has 1 saturated carbocycles. The third kappa shape index (κ3) is 4.09. The molecule has 1 aliphatic carbocycles. The van der Waals surface area contributed by atoms with Crippen LogP contribution in [-0.4, -0.2) is 42.3 Å². The number of hydrogen-bond donors (Lipinski definition) is 0. The smallest absolute Gasteiger partial charge is 0.299 e. The number of aromatic nitrogens is 1. The average molecular weight is 418 g/mol. The normalized spacial score (nSPS) is 19.7. The molecule has 2 fully saturated rings. The van der Waals surface area contributed by atoms with Gasteiger partial charge in [0.2, 0.25) is 10.0 Å². The highest BCUT2D eigenvalue weighted by molar-refractivity contribution is 7.89. The van der Waals surface area contributed by atoms with Crippen LogP contribution in [0.2, 0.25) is 0 Å². The molecule has 29 heavy (non-hydrogen) atoms. The van der Waals surface area contributed by atoms with Crippen molar-refractivity contribution in [3.05, 3.63) is 47.5 Å². The lowest BCUT2D eigenvalue weighted by atomic mass is 9.96. The summed E-state index contributed by atoms with van der Waals surface area (Å²) in [4.78, 5) is 18.0. The number of nitrogens with zero attached hydrogens (tertiary/aromatic N) is 3. The minimum atomic E-state index is -3.64. The molecule has 1 aliphatic heterocycles. The molecule has 0 N–H and O–H groups in total. The van der Waals surface area contributed by atoms with Gasteiger partial charge in [-0.05, 0) is 44.7 Å². The minimum absolute atomic E-state index is 0.0107. The van der Waals surface area contributed by atoms with Gasteiger partial charge < -0.3 is 4.42 Å². The maximum absolute atomic E-state index is 13.1. The Bertz CT molecular complexity index is 1060. The summed E-state index contributed by atoms with van der Waals surface area (Å²) in [5.74, 6) is -0.162. The first kappa shape index (κ1) is 20.1. The summed E-state index contributed by atoms with van der Waals surface area (Å²) in [5.41, 5.74) is 0.572. The van der Waals surface area contributed by atoms with Crippen LogP contribution in [0.4, 0.5) is 0 Å². The summed E-state index contributed by atoms with van der Waals surface area (Å²) in [7, 11) is -3.64. The van der Waals surface area contributed by atoms with Gasteiger partial charge in [0.25, 0.3) is 5.91 Å². The van der Waals surface area contributed by atoms with Crippen molar-refractivity contribution in [2.75, 3.05) is 13.1 Å². The largest absolute Gasteiger partial charge is 0.455 e. The second kappa shape index (κ2) is 8.28. The third-order valence-corrected chi connectivity index (χ3v) is 7.72. The maximum Gasteiger partial charge on any atom is 0.299 e. The summed E-state index contributed by atoms with van der Waals surface area (Å²) in [6.07, 6.45) is 8.97. The van der Waals surface area contributed by atoms with Crippen molar-refractivity contribution in [3.63, 3.8) is 0 Å². The molecule has 0 aromatic carbocycles. The molecule has 0 unspecified atom stereocenters. The number of rotatable bonds is 4. The summed E-state index contributed by atoms with van der Waals surface area (Å²) < 4.78 is 34.3. The lowest BCUT2D eigenvalue weighted by Gasteiger charge is -2.17. The summed E-state index contributed by atoms with van der Waals surface area (Å²) in [6.45, 7) is 2.60. The van der Waals surface area contributed by atoms with E-state index < -0.39 is 15.9 Å². The molecule has 0 radical (unpaired) electrons. The molecular weight excluding hydrogens is 390 g/mol. The second-order valence-corrected chi connectivity index (χ2v) is 9.70. The first-order chi connectivity index (χ1) is 14.0. The van der Waals surface area contributed by atoms with E-state index in [1.807, 2.05) is 12.1 Å². The fourth-order valence-corrected chi connectivity index (χ4v) is 5.80.